The maximum Gasteiger partial charge on any atom is 0.326 e. The Balaban J connectivity index is 2.07. The van der Waals surface area contributed by atoms with Gasteiger partial charge in [-0.05, 0) is 89.7 Å². The minimum absolute atomic E-state index is 0.0469. The standard InChI is InChI=1S/C66H110N6O18S/c1-51-35-37-52(38-36-51)64(82)69-44-26-24-31-56(63(67)81)70-61(78)50-90-47-46-89-45-27-30-54(73)40-41-57(66(85)86)71-59(76)42-39-53(65(83)84)49-55(74)29-21-17-13-9-8-12-16-20-25-43-68-58(75)33-28-48-91(87,88)72-60(77)32-22-18-14-10-6-4-2-3-5-7-11-15-19-23-34-62(79)80/h35-38,53,56-57H,2-34,39-50H2,1H3,(H2,67,81)(H,68,75)(H,69,82)(H,70,78)(H,71,76)(H,72,77)(H,79,80)(H,83,84)(H,85,86)/t53-,56+,57+/m1/s1. The summed E-state index contributed by atoms with van der Waals surface area (Å²) in [4.78, 5) is 133. The molecule has 0 fully saturated rings. The average Bonchev–Trinajstić information content (AvgIpc) is 2.94. The van der Waals surface area contributed by atoms with Gasteiger partial charge in [0.15, 0.2) is 0 Å². The Kier molecular flexibility index (Phi) is 48.3. The zero-order valence-corrected chi connectivity index (χ0v) is 55.1. The molecule has 0 bridgehead atoms. The number of hydrogen-bond donors (Lipinski definition) is 9. The van der Waals surface area contributed by atoms with Crippen molar-refractivity contribution in [2.24, 2.45) is 11.7 Å². The molecule has 0 aliphatic heterocycles. The second-order valence-corrected chi connectivity index (χ2v) is 25.7. The highest BCUT2D eigenvalue weighted by Gasteiger charge is 2.26. The number of Topliss-reactive ketones (excluding diaryl/α,β-unsaturated/α-hetero) is 2. The van der Waals surface area contributed by atoms with Crippen LogP contribution in [0.1, 0.15) is 260 Å². The maximum atomic E-state index is 12.7. The van der Waals surface area contributed by atoms with Crippen LogP contribution < -0.4 is 31.7 Å². The molecule has 0 unspecified atom stereocenters. The highest BCUT2D eigenvalue weighted by molar-refractivity contribution is 7.90. The predicted molar refractivity (Wildman–Crippen MR) is 345 cm³/mol. The first kappa shape index (κ1) is 82.7. The van der Waals surface area contributed by atoms with Gasteiger partial charge in [-0.25, -0.2) is 13.2 Å². The molecule has 1 aromatic rings. The van der Waals surface area contributed by atoms with Gasteiger partial charge in [-0.1, -0.05) is 140 Å². The summed E-state index contributed by atoms with van der Waals surface area (Å²) in [6, 6.07) is 4.89. The summed E-state index contributed by atoms with van der Waals surface area (Å²) in [6.07, 6.45) is 24.3. The Morgan fingerprint density at radius 1 is 0.451 bits per heavy atom. The minimum atomic E-state index is -3.81. The average molecular weight is 1310 g/mol. The molecule has 3 atom stereocenters. The van der Waals surface area contributed by atoms with Crippen molar-refractivity contribution in [2.45, 2.75) is 263 Å². The second-order valence-electron chi connectivity index (χ2n) is 23.8. The predicted octanol–water partition coefficient (Wildman–Crippen LogP) is 8.61. The molecule has 0 saturated carbocycles. The van der Waals surface area contributed by atoms with Crippen LogP contribution >= 0.6 is 0 Å². The Morgan fingerprint density at radius 2 is 0.945 bits per heavy atom. The van der Waals surface area contributed by atoms with Gasteiger partial charge in [-0.3, -0.25) is 52.7 Å². The van der Waals surface area contributed by atoms with Crippen molar-refractivity contribution in [1.82, 2.24) is 26.0 Å². The van der Waals surface area contributed by atoms with E-state index < -0.39 is 69.6 Å². The number of carbonyl (C=O) groups excluding carboxylic acids is 8. The summed E-state index contributed by atoms with van der Waals surface area (Å²) in [6.45, 7) is 2.81. The number of carboxylic acid groups (broad SMARTS) is 3. The van der Waals surface area contributed by atoms with Gasteiger partial charge in [0.25, 0.3) is 5.91 Å². The molecule has 25 heteroatoms. The first-order chi connectivity index (χ1) is 43.6. The fourth-order valence-corrected chi connectivity index (χ4v) is 11.2. The largest absolute Gasteiger partial charge is 0.481 e. The topological polar surface area (TPSA) is 387 Å². The van der Waals surface area contributed by atoms with Crippen molar-refractivity contribution in [3.8, 4) is 0 Å². The molecular formula is C66H110N6O18S. The lowest BCUT2D eigenvalue weighted by atomic mass is 9.94. The van der Waals surface area contributed by atoms with E-state index in [1.54, 1.807) is 12.1 Å². The van der Waals surface area contributed by atoms with Crippen molar-refractivity contribution in [3.05, 3.63) is 35.4 Å². The molecule has 0 aliphatic carbocycles. The van der Waals surface area contributed by atoms with Gasteiger partial charge in [0.2, 0.25) is 39.6 Å². The lowest BCUT2D eigenvalue weighted by molar-refractivity contribution is -0.145. The van der Waals surface area contributed by atoms with Crippen LogP contribution in [0.15, 0.2) is 24.3 Å². The van der Waals surface area contributed by atoms with Crippen molar-refractivity contribution >= 4 is 74.9 Å². The van der Waals surface area contributed by atoms with Gasteiger partial charge in [-0.15, -0.1) is 0 Å². The number of aliphatic carboxylic acids is 3. The molecule has 24 nitrogen and oxygen atoms in total. The number of nitrogens with two attached hydrogens (primary N) is 1. The highest BCUT2D eigenvalue weighted by Crippen LogP contribution is 2.18. The van der Waals surface area contributed by atoms with Gasteiger partial charge in [-0.2, -0.15) is 0 Å². The number of ether oxygens (including phenoxy) is 2. The van der Waals surface area contributed by atoms with Gasteiger partial charge in [0, 0.05) is 76.6 Å². The molecule has 0 radical (unpaired) electrons. The van der Waals surface area contributed by atoms with E-state index in [0.29, 0.717) is 50.8 Å². The molecule has 0 heterocycles. The summed E-state index contributed by atoms with van der Waals surface area (Å²) in [5.74, 6) is -8.10. The summed E-state index contributed by atoms with van der Waals surface area (Å²) < 4.78 is 37.7. The molecule has 0 saturated heterocycles. The Labute approximate surface area is 540 Å². The quantitative estimate of drug-likeness (QED) is 0.0275. The number of primary amides is 1. The number of carbonyl (C=O) groups is 11. The summed E-state index contributed by atoms with van der Waals surface area (Å²) >= 11 is 0. The number of sulfonamides is 1. The lowest BCUT2D eigenvalue weighted by Gasteiger charge is -2.16. The summed E-state index contributed by atoms with van der Waals surface area (Å²) in [5.41, 5.74) is 7.05. The normalized spacial score (nSPS) is 12.3. The molecule has 1 rings (SSSR count). The smallest absolute Gasteiger partial charge is 0.326 e. The van der Waals surface area contributed by atoms with Crippen molar-refractivity contribution in [3.63, 3.8) is 0 Å². The summed E-state index contributed by atoms with van der Waals surface area (Å²) in [7, 11) is -3.81. The fraction of sp³-hybridized carbons (Fsp3) is 0.742. The second kappa shape index (κ2) is 53.2. The van der Waals surface area contributed by atoms with E-state index in [1.807, 2.05) is 19.1 Å². The van der Waals surface area contributed by atoms with Crippen molar-refractivity contribution in [2.75, 3.05) is 45.3 Å². The zero-order valence-electron chi connectivity index (χ0n) is 54.3. The number of ketones is 2. The molecular weight excluding hydrogens is 1200 g/mol. The molecule has 518 valence electrons. The molecule has 0 aliphatic rings. The van der Waals surface area contributed by atoms with Gasteiger partial charge < -0.3 is 51.8 Å². The van der Waals surface area contributed by atoms with Crippen LogP contribution in [-0.2, 0) is 67.4 Å². The highest BCUT2D eigenvalue weighted by atomic mass is 32.2. The number of aryl methyl sites for hydroxylation is 1. The summed E-state index contributed by atoms with van der Waals surface area (Å²) in [5, 5.41) is 38.6. The van der Waals surface area contributed by atoms with E-state index in [9.17, 15) is 71.4 Å². The van der Waals surface area contributed by atoms with Crippen LogP contribution in [0, 0.1) is 12.8 Å². The number of unbranched alkanes of at least 4 members (excludes halogenated alkanes) is 22. The van der Waals surface area contributed by atoms with Crippen LogP contribution in [0.2, 0.25) is 0 Å². The first-order valence-electron chi connectivity index (χ1n) is 33.5. The Bertz CT molecular complexity index is 2410. The van der Waals surface area contributed by atoms with Crippen LogP contribution in [0.5, 0.6) is 0 Å². The van der Waals surface area contributed by atoms with E-state index in [-0.39, 0.29) is 133 Å². The van der Waals surface area contributed by atoms with Gasteiger partial charge in [0.1, 0.15) is 30.3 Å². The number of amides is 6. The van der Waals surface area contributed by atoms with E-state index in [2.05, 4.69) is 26.0 Å². The van der Waals surface area contributed by atoms with Crippen LogP contribution in [0.4, 0.5) is 0 Å². The van der Waals surface area contributed by atoms with E-state index in [4.69, 9.17) is 20.3 Å². The molecule has 91 heavy (non-hydrogen) atoms. The maximum absolute atomic E-state index is 12.7. The lowest BCUT2D eigenvalue weighted by Crippen LogP contribution is -2.45. The van der Waals surface area contributed by atoms with Gasteiger partial charge >= 0.3 is 17.9 Å². The molecule has 0 aromatic heterocycles. The van der Waals surface area contributed by atoms with E-state index in [1.165, 1.54) is 32.1 Å². The van der Waals surface area contributed by atoms with Crippen molar-refractivity contribution in [1.29, 1.82) is 0 Å². The third-order valence-electron chi connectivity index (χ3n) is 15.5. The Hall–Kier alpha value is -6.34. The molecule has 0 spiro atoms. The SMILES string of the molecule is Cc1ccc(C(=O)NCCCC[C@H](NC(=O)COCCOCCCC(=O)CC[C@H](NC(=O)CC[C@H](CC(=O)CCCCCCCCCCCNC(=O)CCCS(=O)(=O)NC(=O)CCCCCCCCCCCCCCCCC(=O)O)C(=O)O)C(=O)O)C(N)=O)cc1. The molecule has 6 amide bonds. The molecule has 10 N–H and O–H groups in total. The van der Waals surface area contributed by atoms with Crippen LogP contribution in [0.3, 0.4) is 0 Å². The van der Waals surface area contributed by atoms with E-state index in [0.717, 1.165) is 108 Å². The Morgan fingerprint density at radius 3 is 1.51 bits per heavy atom. The number of benzene rings is 1. The van der Waals surface area contributed by atoms with Crippen LogP contribution in [0.25, 0.3) is 0 Å². The third-order valence-corrected chi connectivity index (χ3v) is 16.9. The first-order valence-corrected chi connectivity index (χ1v) is 35.1. The fourth-order valence-electron chi connectivity index (χ4n) is 10.1. The number of rotatable bonds is 62. The third kappa shape index (κ3) is 49.0. The zero-order chi connectivity index (χ0) is 67.3. The number of nitrogens with one attached hydrogen (secondary N) is 5. The number of carboxylic acids is 3. The number of hydrogen-bond acceptors (Lipinski definition) is 15. The minimum Gasteiger partial charge on any atom is -0.481 e. The monoisotopic (exact) mass is 1310 g/mol. The molecule has 1 aromatic carbocycles. The van der Waals surface area contributed by atoms with E-state index >= 15 is 0 Å². The van der Waals surface area contributed by atoms with Crippen molar-refractivity contribution < 1.29 is 86.0 Å². The van der Waals surface area contributed by atoms with Gasteiger partial charge in [0.05, 0.1) is 24.9 Å². The van der Waals surface area contributed by atoms with Crippen LogP contribution in [-0.4, -0.2) is 146 Å².